The first-order valence-corrected chi connectivity index (χ1v) is 10.9. The highest BCUT2D eigenvalue weighted by molar-refractivity contribution is 7.99. The zero-order chi connectivity index (χ0) is 21.1. The number of hydrogen-bond acceptors (Lipinski definition) is 4. The van der Waals surface area contributed by atoms with Crippen LogP contribution in [0.5, 0.6) is 0 Å². The van der Waals surface area contributed by atoms with Crippen LogP contribution in [0.4, 0.5) is 8.78 Å². The Morgan fingerprint density at radius 2 is 2.00 bits per heavy atom. The number of benzene rings is 2. The monoisotopic (exact) mass is 429 g/mol. The van der Waals surface area contributed by atoms with Crippen molar-refractivity contribution in [3.05, 3.63) is 76.3 Å². The first-order valence-electron chi connectivity index (χ1n) is 9.81. The number of hydrogen-bond donors (Lipinski definition) is 0. The number of amides is 1. The molecule has 2 aromatic carbocycles. The van der Waals surface area contributed by atoms with Crippen LogP contribution in [0.25, 0.3) is 10.9 Å². The highest BCUT2D eigenvalue weighted by Gasteiger charge is 2.24. The predicted molar refractivity (Wildman–Crippen MR) is 113 cm³/mol. The van der Waals surface area contributed by atoms with Gasteiger partial charge in [0.2, 0.25) is 5.91 Å². The summed E-state index contributed by atoms with van der Waals surface area (Å²) in [5, 5.41) is 0.337. The Balaban J connectivity index is 1.39. The molecule has 3 aromatic rings. The number of aromatic nitrogens is 2. The van der Waals surface area contributed by atoms with Crippen molar-refractivity contribution in [3.63, 3.8) is 0 Å². The van der Waals surface area contributed by atoms with E-state index in [1.54, 1.807) is 23.1 Å². The molecule has 0 radical (unpaired) electrons. The van der Waals surface area contributed by atoms with Gasteiger partial charge in [-0.2, -0.15) is 11.8 Å². The quantitative estimate of drug-likeness (QED) is 0.634. The number of thioether (sulfide) groups is 1. The van der Waals surface area contributed by atoms with Crippen molar-refractivity contribution < 1.29 is 13.6 Å². The third-order valence-electron chi connectivity index (χ3n) is 5.30. The third kappa shape index (κ3) is 4.38. The normalized spacial score (nSPS) is 17.1. The first kappa shape index (κ1) is 20.5. The van der Waals surface area contributed by atoms with Gasteiger partial charge in [-0.1, -0.05) is 12.1 Å². The molecular weight excluding hydrogens is 408 g/mol. The summed E-state index contributed by atoms with van der Waals surface area (Å²) in [5.74, 6) is -0.296. The molecule has 1 saturated heterocycles. The topological polar surface area (TPSA) is 55.2 Å². The molecule has 0 saturated carbocycles. The fraction of sp³-hybridized carbons (Fsp3) is 0.318. The van der Waals surface area contributed by atoms with E-state index in [1.165, 1.54) is 28.7 Å². The Morgan fingerprint density at radius 3 is 2.87 bits per heavy atom. The van der Waals surface area contributed by atoms with Gasteiger partial charge in [-0.3, -0.25) is 14.2 Å². The van der Waals surface area contributed by atoms with Gasteiger partial charge in [-0.25, -0.2) is 13.8 Å². The minimum absolute atomic E-state index is 0.0592. The van der Waals surface area contributed by atoms with Crippen LogP contribution >= 0.6 is 11.8 Å². The number of carbonyl (C=O) groups is 1. The van der Waals surface area contributed by atoms with Crippen LogP contribution in [-0.2, 0) is 11.3 Å². The summed E-state index contributed by atoms with van der Waals surface area (Å²) < 4.78 is 29.1. The van der Waals surface area contributed by atoms with E-state index >= 15 is 0 Å². The number of fused-ring (bicyclic) bond motifs is 1. The molecule has 1 amide bonds. The molecule has 0 N–H and O–H groups in total. The van der Waals surface area contributed by atoms with Crippen LogP contribution < -0.4 is 5.56 Å². The SMILES string of the molecule is O=C(CCn1cnc2ccccc2c1=O)N1CCSC(c2cc(F)ccc2F)CC1. The lowest BCUT2D eigenvalue weighted by Crippen LogP contribution is -2.34. The average molecular weight is 429 g/mol. The second kappa shape index (κ2) is 8.95. The molecule has 1 unspecified atom stereocenters. The molecular formula is C22H21F2N3O2S. The Hall–Kier alpha value is -2.74. The minimum atomic E-state index is -0.460. The molecule has 30 heavy (non-hydrogen) atoms. The first-order chi connectivity index (χ1) is 14.5. The lowest BCUT2D eigenvalue weighted by molar-refractivity contribution is -0.131. The molecule has 8 heteroatoms. The van der Waals surface area contributed by atoms with E-state index in [9.17, 15) is 18.4 Å². The zero-order valence-corrected chi connectivity index (χ0v) is 17.1. The molecule has 156 valence electrons. The van der Waals surface area contributed by atoms with Crippen molar-refractivity contribution in [1.82, 2.24) is 14.5 Å². The lowest BCUT2D eigenvalue weighted by Gasteiger charge is -2.20. The smallest absolute Gasteiger partial charge is 0.261 e. The molecule has 0 bridgehead atoms. The van der Waals surface area contributed by atoms with E-state index in [1.807, 2.05) is 6.07 Å². The number of nitrogens with zero attached hydrogens (tertiary/aromatic N) is 3. The minimum Gasteiger partial charge on any atom is -0.342 e. The lowest BCUT2D eigenvalue weighted by atomic mass is 10.1. The number of rotatable bonds is 4. The molecule has 1 fully saturated rings. The highest BCUT2D eigenvalue weighted by Crippen LogP contribution is 2.36. The highest BCUT2D eigenvalue weighted by atomic mass is 32.2. The third-order valence-corrected chi connectivity index (χ3v) is 6.61. The molecule has 2 heterocycles. The fourth-order valence-corrected chi connectivity index (χ4v) is 4.91. The predicted octanol–water partition coefficient (Wildman–Crippen LogP) is 3.77. The van der Waals surface area contributed by atoms with Crippen LogP contribution in [0.15, 0.2) is 53.6 Å². The maximum Gasteiger partial charge on any atom is 0.261 e. The van der Waals surface area contributed by atoms with E-state index in [2.05, 4.69) is 4.98 Å². The van der Waals surface area contributed by atoms with Crippen LogP contribution in [0.1, 0.15) is 23.7 Å². The van der Waals surface area contributed by atoms with Gasteiger partial charge in [0.15, 0.2) is 0 Å². The molecule has 5 nitrogen and oxygen atoms in total. The van der Waals surface area contributed by atoms with Crippen molar-refractivity contribution in [2.45, 2.75) is 24.6 Å². The number of halogens is 2. The standard InChI is InChI=1S/C22H21F2N3O2S/c23-15-5-6-18(24)17(13-15)20-7-9-26(11-12-30-20)21(28)8-10-27-14-25-19-4-2-1-3-16(19)22(27)29/h1-6,13-14,20H,7-12H2. The van der Waals surface area contributed by atoms with Crippen LogP contribution in [0.2, 0.25) is 0 Å². The molecule has 1 aliphatic heterocycles. The number of aryl methyl sites for hydroxylation is 1. The van der Waals surface area contributed by atoms with E-state index in [4.69, 9.17) is 0 Å². The second-order valence-corrected chi connectivity index (χ2v) is 8.52. The maximum absolute atomic E-state index is 14.1. The van der Waals surface area contributed by atoms with Gasteiger partial charge in [0.05, 0.1) is 17.2 Å². The van der Waals surface area contributed by atoms with Gasteiger partial charge in [-0.15, -0.1) is 0 Å². The van der Waals surface area contributed by atoms with Gasteiger partial charge in [-0.05, 0) is 36.8 Å². The van der Waals surface area contributed by atoms with Gasteiger partial charge in [0, 0.05) is 42.6 Å². The summed E-state index contributed by atoms with van der Waals surface area (Å²) in [5.41, 5.74) is 0.815. The zero-order valence-electron chi connectivity index (χ0n) is 16.3. The van der Waals surface area contributed by atoms with Crippen molar-refractivity contribution in [2.24, 2.45) is 0 Å². The van der Waals surface area contributed by atoms with Crippen molar-refractivity contribution in [1.29, 1.82) is 0 Å². The Bertz CT molecular complexity index is 1130. The summed E-state index contributed by atoms with van der Waals surface area (Å²) >= 11 is 1.53. The molecule has 0 aliphatic carbocycles. The number of para-hydroxylation sites is 1. The summed E-state index contributed by atoms with van der Waals surface area (Å²) in [4.78, 5) is 31.3. The van der Waals surface area contributed by atoms with E-state index in [0.717, 1.165) is 12.1 Å². The van der Waals surface area contributed by atoms with E-state index in [0.29, 0.717) is 41.7 Å². The van der Waals surface area contributed by atoms with Crippen molar-refractivity contribution in [2.75, 3.05) is 18.8 Å². The van der Waals surface area contributed by atoms with Crippen LogP contribution in [-0.4, -0.2) is 39.2 Å². The largest absolute Gasteiger partial charge is 0.342 e. The fourth-order valence-electron chi connectivity index (χ4n) is 3.67. The molecule has 0 spiro atoms. The summed E-state index contributed by atoms with van der Waals surface area (Å²) in [6, 6.07) is 10.6. The van der Waals surface area contributed by atoms with E-state index < -0.39 is 11.6 Å². The number of carbonyl (C=O) groups excluding carboxylic acids is 1. The Labute approximate surface area is 176 Å². The van der Waals surface area contributed by atoms with E-state index in [-0.39, 0.29) is 29.7 Å². The second-order valence-electron chi connectivity index (χ2n) is 7.20. The van der Waals surface area contributed by atoms with Gasteiger partial charge >= 0.3 is 0 Å². The maximum atomic E-state index is 14.1. The molecule has 1 aliphatic rings. The van der Waals surface area contributed by atoms with Crippen LogP contribution in [0.3, 0.4) is 0 Å². The van der Waals surface area contributed by atoms with Crippen molar-refractivity contribution >= 4 is 28.6 Å². The Morgan fingerprint density at radius 1 is 1.17 bits per heavy atom. The van der Waals surface area contributed by atoms with Gasteiger partial charge < -0.3 is 4.90 Å². The van der Waals surface area contributed by atoms with Gasteiger partial charge in [0.25, 0.3) is 5.56 Å². The summed E-state index contributed by atoms with van der Waals surface area (Å²) in [7, 11) is 0. The van der Waals surface area contributed by atoms with Crippen LogP contribution in [0, 0.1) is 11.6 Å². The van der Waals surface area contributed by atoms with Crippen molar-refractivity contribution in [3.8, 4) is 0 Å². The Kier molecular flexibility index (Phi) is 6.13. The summed E-state index contributed by atoms with van der Waals surface area (Å²) in [6.45, 7) is 1.26. The van der Waals surface area contributed by atoms with Gasteiger partial charge in [0.1, 0.15) is 11.6 Å². The average Bonchev–Trinajstić information content (AvgIpc) is 3.01. The summed E-state index contributed by atoms with van der Waals surface area (Å²) in [6.07, 6.45) is 2.21. The molecule has 1 atom stereocenters. The molecule has 4 rings (SSSR count). The molecule has 1 aromatic heterocycles.